The van der Waals surface area contributed by atoms with Gasteiger partial charge in [0, 0.05) is 13.1 Å². The van der Waals surface area contributed by atoms with Gasteiger partial charge in [0.1, 0.15) is 0 Å². The van der Waals surface area contributed by atoms with Gasteiger partial charge in [-0.15, -0.1) is 10.2 Å². The molecule has 1 aliphatic rings. The topological polar surface area (TPSA) is 78.3 Å². The van der Waals surface area contributed by atoms with Gasteiger partial charge in [0.25, 0.3) is 0 Å². The third kappa shape index (κ3) is 4.96. The molecule has 0 bridgehead atoms. The lowest BCUT2D eigenvalue weighted by Crippen LogP contribution is -2.35. The van der Waals surface area contributed by atoms with Gasteiger partial charge < -0.3 is 15.3 Å². The number of carboxylic acid groups (broad SMARTS) is 1. The molecule has 6 nitrogen and oxygen atoms in total. The Morgan fingerprint density at radius 2 is 2.47 bits per heavy atom. The van der Waals surface area contributed by atoms with E-state index in [0.717, 1.165) is 18.2 Å². The van der Waals surface area contributed by atoms with Gasteiger partial charge in [-0.3, -0.25) is 4.79 Å². The van der Waals surface area contributed by atoms with Crippen molar-refractivity contribution in [1.29, 1.82) is 0 Å². The van der Waals surface area contributed by atoms with E-state index in [1.54, 1.807) is 0 Å². The second-order valence-electron chi connectivity index (χ2n) is 4.71. The van der Waals surface area contributed by atoms with E-state index in [4.69, 9.17) is 5.11 Å². The first-order valence-electron chi connectivity index (χ1n) is 6.24. The number of anilines is 1. The molecule has 19 heavy (non-hydrogen) atoms. The van der Waals surface area contributed by atoms with Crippen LogP contribution in [-0.4, -0.2) is 58.6 Å². The molecule has 0 radical (unpaired) electrons. The standard InChI is InChI=1S/C11H18N4O2S2/c1-15-4-2-3-8(6-15)5-12-10-13-14-11(19-10)18-7-9(16)17/h8H,2-7H2,1H3,(H,12,13)(H,16,17). The number of hydrogen-bond donors (Lipinski definition) is 2. The van der Waals surface area contributed by atoms with Crippen LogP contribution in [0.2, 0.25) is 0 Å². The van der Waals surface area contributed by atoms with Crippen LogP contribution in [0.1, 0.15) is 12.8 Å². The molecule has 1 fully saturated rings. The Morgan fingerprint density at radius 1 is 1.63 bits per heavy atom. The zero-order valence-corrected chi connectivity index (χ0v) is 12.5. The predicted molar refractivity (Wildman–Crippen MR) is 77.0 cm³/mol. The minimum absolute atomic E-state index is 0.0298. The molecule has 106 valence electrons. The Morgan fingerprint density at radius 3 is 3.21 bits per heavy atom. The van der Waals surface area contributed by atoms with Crippen molar-refractivity contribution in [3.63, 3.8) is 0 Å². The van der Waals surface area contributed by atoms with Crippen LogP contribution in [0, 0.1) is 5.92 Å². The van der Waals surface area contributed by atoms with E-state index < -0.39 is 5.97 Å². The Hall–Kier alpha value is -0.860. The highest BCUT2D eigenvalue weighted by Gasteiger charge is 2.17. The first-order valence-corrected chi connectivity index (χ1v) is 8.04. The summed E-state index contributed by atoms with van der Waals surface area (Å²) < 4.78 is 0.700. The van der Waals surface area contributed by atoms with Crippen molar-refractivity contribution >= 4 is 34.2 Å². The predicted octanol–water partition coefficient (Wildman–Crippen LogP) is 1.47. The van der Waals surface area contributed by atoms with Crippen molar-refractivity contribution in [2.45, 2.75) is 17.2 Å². The van der Waals surface area contributed by atoms with Gasteiger partial charge in [0.05, 0.1) is 5.75 Å². The van der Waals surface area contributed by atoms with Gasteiger partial charge in [-0.2, -0.15) is 0 Å². The van der Waals surface area contributed by atoms with Crippen LogP contribution in [0.3, 0.4) is 0 Å². The Kier molecular flexibility index (Phi) is 5.41. The third-order valence-corrected chi connectivity index (χ3v) is 4.99. The van der Waals surface area contributed by atoms with Crippen molar-refractivity contribution < 1.29 is 9.90 Å². The van der Waals surface area contributed by atoms with Crippen LogP contribution in [0.4, 0.5) is 5.13 Å². The van der Waals surface area contributed by atoms with Gasteiger partial charge in [-0.25, -0.2) is 0 Å². The largest absolute Gasteiger partial charge is 0.481 e. The zero-order chi connectivity index (χ0) is 13.7. The fourth-order valence-corrected chi connectivity index (χ4v) is 3.61. The van der Waals surface area contributed by atoms with Gasteiger partial charge in [0.15, 0.2) is 4.34 Å². The molecule has 0 aromatic carbocycles. The minimum Gasteiger partial charge on any atom is -0.481 e. The summed E-state index contributed by atoms with van der Waals surface area (Å²) in [5.74, 6) is -0.153. The number of likely N-dealkylation sites (tertiary alicyclic amines) is 1. The molecule has 1 unspecified atom stereocenters. The van der Waals surface area contributed by atoms with E-state index in [9.17, 15) is 4.79 Å². The van der Waals surface area contributed by atoms with E-state index in [-0.39, 0.29) is 5.75 Å². The smallest absolute Gasteiger partial charge is 0.313 e. The number of aliphatic carboxylic acids is 1. The van der Waals surface area contributed by atoms with E-state index in [2.05, 4.69) is 27.5 Å². The Labute approximate surface area is 120 Å². The third-order valence-electron chi connectivity index (χ3n) is 2.99. The summed E-state index contributed by atoms with van der Waals surface area (Å²) >= 11 is 2.63. The summed E-state index contributed by atoms with van der Waals surface area (Å²) in [5.41, 5.74) is 0. The molecule has 0 saturated carbocycles. The summed E-state index contributed by atoms with van der Waals surface area (Å²) in [6, 6.07) is 0. The summed E-state index contributed by atoms with van der Waals surface area (Å²) in [4.78, 5) is 12.8. The number of carbonyl (C=O) groups is 1. The van der Waals surface area contributed by atoms with Crippen LogP contribution in [-0.2, 0) is 4.79 Å². The summed E-state index contributed by atoms with van der Waals surface area (Å²) in [5, 5.41) is 20.7. The number of hydrogen-bond acceptors (Lipinski definition) is 7. The molecule has 2 N–H and O–H groups in total. The number of rotatable bonds is 6. The van der Waals surface area contributed by atoms with Crippen LogP contribution in [0.25, 0.3) is 0 Å². The van der Waals surface area contributed by atoms with E-state index in [1.807, 2.05) is 0 Å². The maximum atomic E-state index is 10.5. The van der Waals surface area contributed by atoms with E-state index in [0.29, 0.717) is 10.3 Å². The molecule has 1 saturated heterocycles. The molecule has 1 aromatic rings. The SMILES string of the molecule is CN1CCCC(CNc2nnc(SCC(=O)O)s2)C1. The molecule has 1 atom stereocenters. The zero-order valence-electron chi connectivity index (χ0n) is 10.8. The minimum atomic E-state index is -0.833. The van der Waals surface area contributed by atoms with Crippen LogP contribution in [0.15, 0.2) is 4.34 Å². The average Bonchev–Trinajstić information content (AvgIpc) is 2.82. The number of aromatic nitrogens is 2. The second-order valence-corrected chi connectivity index (χ2v) is 6.91. The summed E-state index contributed by atoms with van der Waals surface area (Å²) in [6.07, 6.45) is 2.50. The van der Waals surface area contributed by atoms with E-state index >= 15 is 0 Å². The molecule has 2 rings (SSSR count). The number of nitrogens with zero attached hydrogens (tertiary/aromatic N) is 3. The number of piperidine rings is 1. The van der Waals surface area contributed by atoms with Crippen LogP contribution >= 0.6 is 23.1 Å². The quantitative estimate of drug-likeness (QED) is 0.770. The Balaban J connectivity index is 1.75. The summed E-state index contributed by atoms with van der Waals surface area (Å²) in [7, 11) is 2.15. The molecule has 1 aliphatic heterocycles. The molecule has 0 spiro atoms. The summed E-state index contributed by atoms with van der Waals surface area (Å²) in [6.45, 7) is 3.21. The fraction of sp³-hybridized carbons (Fsp3) is 0.727. The van der Waals surface area contributed by atoms with Crippen molar-refractivity contribution in [1.82, 2.24) is 15.1 Å². The second kappa shape index (κ2) is 7.06. The average molecular weight is 302 g/mol. The van der Waals surface area contributed by atoms with Crippen molar-refractivity contribution in [2.24, 2.45) is 5.92 Å². The molecular weight excluding hydrogens is 284 g/mol. The molecule has 1 aromatic heterocycles. The molecule has 0 aliphatic carbocycles. The monoisotopic (exact) mass is 302 g/mol. The fourth-order valence-electron chi connectivity index (χ4n) is 2.13. The van der Waals surface area contributed by atoms with Crippen LogP contribution in [0.5, 0.6) is 0 Å². The molecule has 2 heterocycles. The molecular formula is C11H18N4O2S2. The lowest BCUT2D eigenvalue weighted by atomic mass is 9.99. The van der Waals surface area contributed by atoms with Gasteiger partial charge >= 0.3 is 5.97 Å². The lowest BCUT2D eigenvalue weighted by molar-refractivity contribution is -0.133. The van der Waals surface area contributed by atoms with Gasteiger partial charge in [0.2, 0.25) is 5.13 Å². The highest BCUT2D eigenvalue weighted by atomic mass is 32.2. The maximum absolute atomic E-state index is 10.5. The van der Waals surface area contributed by atoms with Crippen LogP contribution < -0.4 is 5.32 Å². The lowest BCUT2D eigenvalue weighted by Gasteiger charge is -2.29. The van der Waals surface area contributed by atoms with Gasteiger partial charge in [-0.1, -0.05) is 23.1 Å². The first-order chi connectivity index (χ1) is 9.13. The first kappa shape index (κ1) is 14.5. The van der Waals surface area contributed by atoms with Gasteiger partial charge in [-0.05, 0) is 32.4 Å². The highest BCUT2D eigenvalue weighted by molar-refractivity contribution is 8.01. The van der Waals surface area contributed by atoms with Crippen molar-refractivity contribution in [2.75, 3.05) is 37.8 Å². The molecule has 0 amide bonds. The maximum Gasteiger partial charge on any atom is 0.313 e. The Bertz CT molecular complexity index is 427. The number of thioether (sulfide) groups is 1. The van der Waals surface area contributed by atoms with Crippen molar-refractivity contribution in [3.05, 3.63) is 0 Å². The highest BCUT2D eigenvalue weighted by Crippen LogP contribution is 2.25. The normalized spacial score (nSPS) is 20.4. The number of carboxylic acids is 1. The van der Waals surface area contributed by atoms with Crippen molar-refractivity contribution in [3.8, 4) is 0 Å². The van der Waals surface area contributed by atoms with E-state index in [1.165, 1.54) is 42.5 Å². The number of nitrogens with one attached hydrogen (secondary N) is 1. The molecule has 8 heteroatoms.